The monoisotopic (exact) mass is 382 g/mol. The van der Waals surface area contributed by atoms with Gasteiger partial charge in [-0.05, 0) is 24.3 Å². The number of halogens is 4. The fourth-order valence-electron chi connectivity index (χ4n) is 2.19. The third-order valence-corrected chi connectivity index (χ3v) is 3.99. The molecule has 0 aliphatic rings. The summed E-state index contributed by atoms with van der Waals surface area (Å²) in [5, 5.41) is 4.09. The van der Waals surface area contributed by atoms with Gasteiger partial charge in [0.05, 0.1) is 5.69 Å². The molecule has 2 aromatic carbocycles. The van der Waals surface area contributed by atoms with Crippen LogP contribution >= 0.6 is 11.3 Å². The number of para-hydroxylation sites is 1. The van der Waals surface area contributed by atoms with Gasteiger partial charge in [0.2, 0.25) is 0 Å². The Morgan fingerprint density at radius 2 is 1.81 bits per heavy atom. The zero-order valence-electron chi connectivity index (χ0n) is 12.9. The van der Waals surface area contributed by atoms with Crippen molar-refractivity contribution in [1.29, 1.82) is 0 Å². The number of aromatic nitrogens is 1. The molecule has 1 amide bonds. The van der Waals surface area contributed by atoms with Crippen LogP contribution in [0.15, 0.2) is 47.8 Å². The topological polar surface area (TPSA) is 51.2 Å². The molecule has 4 nitrogen and oxygen atoms in total. The van der Waals surface area contributed by atoms with Gasteiger partial charge in [-0.3, -0.25) is 10.1 Å². The van der Waals surface area contributed by atoms with Crippen molar-refractivity contribution in [2.45, 2.75) is 6.61 Å². The van der Waals surface area contributed by atoms with Crippen LogP contribution in [0.1, 0.15) is 10.4 Å². The van der Waals surface area contributed by atoms with Crippen molar-refractivity contribution in [2.24, 2.45) is 0 Å². The summed E-state index contributed by atoms with van der Waals surface area (Å²) in [7, 11) is 0. The van der Waals surface area contributed by atoms with E-state index in [0.29, 0.717) is 17.3 Å². The summed E-state index contributed by atoms with van der Waals surface area (Å²) >= 11 is 1.03. The highest BCUT2D eigenvalue weighted by Gasteiger charge is 2.15. The zero-order chi connectivity index (χ0) is 18.7. The number of nitrogens with zero attached hydrogens (tertiary/aromatic N) is 1. The molecule has 1 aromatic heterocycles. The molecule has 9 heteroatoms. The number of hydrogen-bond acceptors (Lipinski definition) is 4. The van der Waals surface area contributed by atoms with Gasteiger partial charge < -0.3 is 4.74 Å². The van der Waals surface area contributed by atoms with E-state index >= 15 is 0 Å². The number of thiazole rings is 1. The molecule has 1 N–H and O–H groups in total. The Kier molecular flexibility index (Phi) is 5.17. The standard InChI is InChI=1S/C17H10F4N2O2S/c18-10-5-9(6-11(19)7-10)15(24)23-17-22-13(8-26-17)12-3-1-2-4-14(12)25-16(20)21/h1-8,16H,(H,22,23,24). The quantitative estimate of drug-likeness (QED) is 0.636. The maximum atomic E-state index is 13.2. The van der Waals surface area contributed by atoms with Crippen molar-refractivity contribution in [3.05, 3.63) is 65.0 Å². The van der Waals surface area contributed by atoms with Crippen LogP contribution in [0.3, 0.4) is 0 Å². The smallest absolute Gasteiger partial charge is 0.387 e. The minimum atomic E-state index is -2.99. The number of ether oxygens (including phenoxy) is 1. The van der Waals surface area contributed by atoms with Crippen LogP contribution < -0.4 is 10.1 Å². The molecule has 0 fully saturated rings. The van der Waals surface area contributed by atoms with Gasteiger partial charge in [0, 0.05) is 22.6 Å². The predicted octanol–water partition coefficient (Wildman–Crippen LogP) is 4.94. The predicted molar refractivity (Wildman–Crippen MR) is 88.5 cm³/mol. The van der Waals surface area contributed by atoms with Crippen LogP contribution in [0.25, 0.3) is 11.3 Å². The summed E-state index contributed by atoms with van der Waals surface area (Å²) in [5.41, 5.74) is 0.425. The number of carbonyl (C=O) groups is 1. The molecule has 0 unspecified atom stereocenters. The molecule has 0 bridgehead atoms. The average molecular weight is 382 g/mol. The van der Waals surface area contributed by atoms with Crippen LogP contribution in [0, 0.1) is 11.6 Å². The number of benzene rings is 2. The highest BCUT2D eigenvalue weighted by atomic mass is 32.1. The Bertz CT molecular complexity index is 926. The van der Waals surface area contributed by atoms with Gasteiger partial charge in [0.15, 0.2) is 5.13 Å². The number of carbonyl (C=O) groups excluding carboxylic acids is 1. The number of nitrogens with one attached hydrogen (secondary N) is 1. The van der Waals surface area contributed by atoms with E-state index in [1.165, 1.54) is 17.5 Å². The SMILES string of the molecule is O=C(Nc1nc(-c2ccccc2OC(F)F)cs1)c1cc(F)cc(F)c1. The molecule has 134 valence electrons. The highest BCUT2D eigenvalue weighted by molar-refractivity contribution is 7.14. The van der Waals surface area contributed by atoms with Crippen molar-refractivity contribution in [3.8, 4) is 17.0 Å². The van der Waals surface area contributed by atoms with Gasteiger partial charge in [0.25, 0.3) is 5.91 Å². The third kappa shape index (κ3) is 4.17. The second-order valence-corrected chi connectivity index (χ2v) is 5.88. The van der Waals surface area contributed by atoms with E-state index < -0.39 is 24.2 Å². The summed E-state index contributed by atoms with van der Waals surface area (Å²) in [6.45, 7) is -2.99. The number of amides is 1. The van der Waals surface area contributed by atoms with Crippen molar-refractivity contribution in [1.82, 2.24) is 4.98 Å². The molecule has 3 aromatic rings. The van der Waals surface area contributed by atoms with Gasteiger partial charge in [-0.15, -0.1) is 11.3 Å². The number of rotatable bonds is 5. The number of anilines is 1. The molecule has 0 spiro atoms. The lowest BCUT2D eigenvalue weighted by molar-refractivity contribution is -0.0494. The Morgan fingerprint density at radius 3 is 2.50 bits per heavy atom. The van der Waals surface area contributed by atoms with Crippen molar-refractivity contribution < 1.29 is 27.1 Å². The fraction of sp³-hybridized carbons (Fsp3) is 0.0588. The average Bonchev–Trinajstić information content (AvgIpc) is 3.02. The van der Waals surface area contributed by atoms with Crippen LogP contribution in [0.5, 0.6) is 5.75 Å². The van der Waals surface area contributed by atoms with Crippen molar-refractivity contribution in [2.75, 3.05) is 5.32 Å². The molecular weight excluding hydrogens is 372 g/mol. The molecule has 3 rings (SSSR count). The van der Waals surface area contributed by atoms with Gasteiger partial charge in [-0.1, -0.05) is 12.1 Å². The Labute approximate surface area is 149 Å². The van der Waals surface area contributed by atoms with Gasteiger partial charge in [-0.25, -0.2) is 13.8 Å². The first kappa shape index (κ1) is 17.9. The van der Waals surface area contributed by atoms with E-state index in [2.05, 4.69) is 15.0 Å². The molecule has 26 heavy (non-hydrogen) atoms. The lowest BCUT2D eigenvalue weighted by atomic mass is 10.1. The maximum Gasteiger partial charge on any atom is 0.387 e. The minimum absolute atomic E-state index is 0.0575. The summed E-state index contributed by atoms with van der Waals surface area (Å²) in [6, 6.07) is 8.50. The van der Waals surface area contributed by atoms with Gasteiger partial charge in [-0.2, -0.15) is 8.78 Å². The summed E-state index contributed by atoms with van der Waals surface area (Å²) < 4.78 is 55.8. The molecule has 0 saturated carbocycles. The van der Waals surface area contributed by atoms with Crippen molar-refractivity contribution >= 4 is 22.4 Å². The number of alkyl halides is 2. The fourth-order valence-corrected chi connectivity index (χ4v) is 2.89. The third-order valence-electron chi connectivity index (χ3n) is 3.23. The summed E-state index contributed by atoms with van der Waals surface area (Å²) in [5.74, 6) is -2.57. The Morgan fingerprint density at radius 1 is 1.12 bits per heavy atom. The zero-order valence-corrected chi connectivity index (χ0v) is 13.7. The Hall–Kier alpha value is -2.94. The molecule has 0 aliphatic carbocycles. The minimum Gasteiger partial charge on any atom is -0.434 e. The van der Waals surface area contributed by atoms with Crippen LogP contribution in [-0.4, -0.2) is 17.5 Å². The second-order valence-electron chi connectivity index (χ2n) is 5.02. The maximum absolute atomic E-state index is 13.2. The van der Waals surface area contributed by atoms with E-state index in [9.17, 15) is 22.4 Å². The van der Waals surface area contributed by atoms with Crippen LogP contribution in [-0.2, 0) is 0 Å². The van der Waals surface area contributed by atoms with E-state index in [1.807, 2.05) is 0 Å². The lowest BCUT2D eigenvalue weighted by Gasteiger charge is -2.08. The molecule has 0 aliphatic heterocycles. The first-order valence-corrected chi connectivity index (χ1v) is 8.07. The molecule has 1 heterocycles. The first-order chi connectivity index (χ1) is 12.4. The summed E-state index contributed by atoms with van der Waals surface area (Å²) in [6.07, 6.45) is 0. The Balaban J connectivity index is 1.81. The lowest BCUT2D eigenvalue weighted by Crippen LogP contribution is -2.12. The van der Waals surface area contributed by atoms with E-state index in [1.54, 1.807) is 12.1 Å². The number of hydrogen-bond donors (Lipinski definition) is 1. The van der Waals surface area contributed by atoms with Gasteiger partial charge >= 0.3 is 6.61 Å². The first-order valence-electron chi connectivity index (χ1n) is 7.19. The van der Waals surface area contributed by atoms with Crippen molar-refractivity contribution in [3.63, 3.8) is 0 Å². The molecule has 0 atom stereocenters. The van der Waals surface area contributed by atoms with E-state index in [4.69, 9.17) is 0 Å². The summed E-state index contributed by atoms with van der Waals surface area (Å²) in [4.78, 5) is 16.2. The van der Waals surface area contributed by atoms with Crippen LogP contribution in [0.4, 0.5) is 22.7 Å². The molecule has 0 radical (unpaired) electrons. The molecular formula is C17H10F4N2O2S. The normalized spacial score (nSPS) is 10.8. The van der Waals surface area contributed by atoms with Crippen LogP contribution in [0.2, 0.25) is 0 Å². The second kappa shape index (κ2) is 7.52. The van der Waals surface area contributed by atoms with Gasteiger partial charge in [0.1, 0.15) is 17.4 Å². The largest absolute Gasteiger partial charge is 0.434 e. The highest BCUT2D eigenvalue weighted by Crippen LogP contribution is 2.33. The van der Waals surface area contributed by atoms with E-state index in [-0.39, 0.29) is 16.4 Å². The van der Waals surface area contributed by atoms with E-state index in [0.717, 1.165) is 23.5 Å². The molecule has 0 saturated heterocycles.